The minimum Gasteiger partial charge on any atom is -0.325 e. The topological polar surface area (TPSA) is 38.9 Å². The van der Waals surface area contributed by atoms with Crippen LogP contribution in [0.15, 0.2) is 24.4 Å². The molecule has 2 nitrogen and oxygen atoms in total. The van der Waals surface area contributed by atoms with E-state index in [1.165, 1.54) is 0 Å². The molecule has 1 aromatic heterocycles. The fraction of sp³-hybridized carbons (Fsp3) is 0.308. The molecule has 17 heavy (non-hydrogen) atoms. The van der Waals surface area contributed by atoms with Gasteiger partial charge in [0.05, 0.1) is 10.7 Å². The number of halogens is 2. The van der Waals surface area contributed by atoms with Gasteiger partial charge in [-0.15, -0.1) is 0 Å². The van der Waals surface area contributed by atoms with E-state index in [0.717, 1.165) is 16.5 Å². The number of fused-ring (bicyclic) bond motifs is 1. The molecule has 2 rings (SSSR count). The van der Waals surface area contributed by atoms with Crippen LogP contribution in [0, 0.1) is 0 Å². The summed E-state index contributed by atoms with van der Waals surface area (Å²) < 4.78 is 0. The maximum Gasteiger partial charge on any atom is 0.0517 e. The van der Waals surface area contributed by atoms with Crippen LogP contribution < -0.4 is 5.73 Å². The Balaban J connectivity index is 2.65. The summed E-state index contributed by atoms with van der Waals surface area (Å²) in [5, 5.41) is 3.19. The number of rotatable bonds is 2. The number of pyridine rings is 1. The lowest BCUT2D eigenvalue weighted by Gasteiger charge is -2.19. The van der Waals surface area contributed by atoms with Gasteiger partial charge < -0.3 is 5.73 Å². The first-order valence-electron chi connectivity index (χ1n) is 5.38. The number of hydrogen-bond donors (Lipinski definition) is 1. The largest absolute Gasteiger partial charge is 0.325 e. The molecule has 0 saturated heterocycles. The van der Waals surface area contributed by atoms with E-state index in [2.05, 4.69) is 4.98 Å². The Kier molecular flexibility index (Phi) is 3.30. The van der Waals surface area contributed by atoms with Crippen molar-refractivity contribution in [1.82, 2.24) is 4.98 Å². The van der Waals surface area contributed by atoms with Crippen molar-refractivity contribution in [3.63, 3.8) is 0 Å². The normalized spacial score (nSPS) is 12.1. The highest BCUT2D eigenvalue weighted by atomic mass is 35.5. The van der Waals surface area contributed by atoms with Gasteiger partial charge in [-0.05, 0) is 37.4 Å². The number of nitrogens with zero attached hydrogens (tertiary/aromatic N) is 1. The summed E-state index contributed by atoms with van der Waals surface area (Å²) in [6, 6.07) is 5.53. The zero-order valence-corrected chi connectivity index (χ0v) is 11.3. The van der Waals surface area contributed by atoms with Gasteiger partial charge in [0.1, 0.15) is 0 Å². The second kappa shape index (κ2) is 4.45. The fourth-order valence-corrected chi connectivity index (χ4v) is 2.49. The lowest BCUT2D eigenvalue weighted by molar-refractivity contribution is 0.512. The van der Waals surface area contributed by atoms with E-state index in [4.69, 9.17) is 28.9 Å². The second-order valence-corrected chi connectivity index (χ2v) is 5.75. The highest BCUT2D eigenvalue weighted by Gasteiger charge is 2.16. The van der Waals surface area contributed by atoms with Gasteiger partial charge in [0.15, 0.2) is 0 Å². The summed E-state index contributed by atoms with van der Waals surface area (Å²) >= 11 is 12.2. The van der Waals surface area contributed by atoms with Crippen molar-refractivity contribution in [2.75, 3.05) is 0 Å². The molecule has 0 unspecified atom stereocenters. The summed E-state index contributed by atoms with van der Waals surface area (Å²) in [6.45, 7) is 3.94. The van der Waals surface area contributed by atoms with Crippen molar-refractivity contribution in [1.29, 1.82) is 0 Å². The van der Waals surface area contributed by atoms with Gasteiger partial charge in [0.2, 0.25) is 0 Å². The van der Waals surface area contributed by atoms with Gasteiger partial charge in [-0.1, -0.05) is 23.2 Å². The van der Waals surface area contributed by atoms with E-state index >= 15 is 0 Å². The standard InChI is InChI=1S/C13H14Cl2N2/c1-13(2,16)7-11-12-8(3-4-17-11)5-9(14)6-10(12)15/h3-6H,7,16H2,1-2H3. The number of hydrogen-bond acceptors (Lipinski definition) is 2. The van der Waals surface area contributed by atoms with Crippen LogP contribution in [-0.4, -0.2) is 10.5 Å². The van der Waals surface area contributed by atoms with E-state index < -0.39 is 0 Å². The smallest absolute Gasteiger partial charge is 0.0517 e. The predicted molar refractivity (Wildman–Crippen MR) is 73.7 cm³/mol. The molecule has 0 aliphatic rings. The van der Waals surface area contributed by atoms with Crippen LogP contribution in [0.4, 0.5) is 0 Å². The van der Waals surface area contributed by atoms with Crippen molar-refractivity contribution in [3.8, 4) is 0 Å². The minimum atomic E-state index is -0.315. The van der Waals surface area contributed by atoms with Crippen LogP contribution >= 0.6 is 23.2 Å². The van der Waals surface area contributed by atoms with Crippen LogP contribution in [-0.2, 0) is 6.42 Å². The van der Waals surface area contributed by atoms with Gasteiger partial charge in [-0.3, -0.25) is 4.98 Å². The van der Waals surface area contributed by atoms with E-state index in [0.29, 0.717) is 16.5 Å². The minimum absolute atomic E-state index is 0.315. The van der Waals surface area contributed by atoms with Crippen LogP contribution in [0.25, 0.3) is 10.8 Å². The third-order valence-electron chi connectivity index (χ3n) is 2.48. The van der Waals surface area contributed by atoms with E-state index in [9.17, 15) is 0 Å². The highest BCUT2D eigenvalue weighted by molar-refractivity contribution is 6.38. The molecule has 0 bridgehead atoms. The maximum absolute atomic E-state index is 6.23. The highest BCUT2D eigenvalue weighted by Crippen LogP contribution is 2.30. The molecule has 90 valence electrons. The van der Waals surface area contributed by atoms with Crippen LogP contribution in [0.5, 0.6) is 0 Å². The van der Waals surface area contributed by atoms with E-state index in [1.807, 2.05) is 26.0 Å². The first-order valence-corrected chi connectivity index (χ1v) is 6.14. The summed E-state index contributed by atoms with van der Waals surface area (Å²) in [7, 11) is 0. The third kappa shape index (κ3) is 2.89. The van der Waals surface area contributed by atoms with Crippen molar-refractivity contribution in [2.45, 2.75) is 25.8 Å². The molecule has 1 aromatic carbocycles. The maximum atomic E-state index is 6.23. The molecule has 4 heteroatoms. The molecular weight excluding hydrogens is 255 g/mol. The number of benzene rings is 1. The zero-order chi connectivity index (χ0) is 12.6. The van der Waals surface area contributed by atoms with Gasteiger partial charge in [0, 0.05) is 28.6 Å². The molecule has 0 fully saturated rings. The van der Waals surface area contributed by atoms with Crippen molar-refractivity contribution in [2.24, 2.45) is 5.73 Å². The van der Waals surface area contributed by atoms with E-state index in [1.54, 1.807) is 12.3 Å². The van der Waals surface area contributed by atoms with Gasteiger partial charge in [0.25, 0.3) is 0 Å². The lowest BCUT2D eigenvalue weighted by atomic mass is 9.96. The Labute approximate surface area is 111 Å². The molecule has 2 N–H and O–H groups in total. The van der Waals surface area contributed by atoms with E-state index in [-0.39, 0.29) is 5.54 Å². The van der Waals surface area contributed by atoms with Crippen molar-refractivity contribution < 1.29 is 0 Å². The first-order chi connectivity index (χ1) is 7.87. The van der Waals surface area contributed by atoms with Gasteiger partial charge >= 0.3 is 0 Å². The number of nitrogens with two attached hydrogens (primary N) is 1. The van der Waals surface area contributed by atoms with Gasteiger partial charge in [-0.25, -0.2) is 0 Å². The Morgan fingerprint density at radius 3 is 2.65 bits per heavy atom. The SMILES string of the molecule is CC(C)(N)Cc1nccc2cc(Cl)cc(Cl)c12. The Bertz CT molecular complexity index is 559. The molecule has 1 heterocycles. The van der Waals surface area contributed by atoms with Gasteiger partial charge in [-0.2, -0.15) is 0 Å². The number of aromatic nitrogens is 1. The monoisotopic (exact) mass is 268 g/mol. The Morgan fingerprint density at radius 2 is 2.00 bits per heavy atom. The summed E-state index contributed by atoms with van der Waals surface area (Å²) in [5.74, 6) is 0. The Morgan fingerprint density at radius 1 is 1.29 bits per heavy atom. The molecule has 0 saturated carbocycles. The third-order valence-corrected chi connectivity index (χ3v) is 3.00. The van der Waals surface area contributed by atoms with Crippen molar-refractivity contribution in [3.05, 3.63) is 40.1 Å². The quantitative estimate of drug-likeness (QED) is 0.900. The molecule has 0 spiro atoms. The lowest BCUT2D eigenvalue weighted by Crippen LogP contribution is -2.34. The van der Waals surface area contributed by atoms with Crippen LogP contribution in [0.2, 0.25) is 10.0 Å². The summed E-state index contributed by atoms with van der Waals surface area (Å²) in [5.41, 5.74) is 6.63. The fourth-order valence-electron chi connectivity index (χ4n) is 1.87. The molecule has 0 aliphatic heterocycles. The second-order valence-electron chi connectivity index (χ2n) is 4.91. The Hall–Kier alpha value is -0.830. The predicted octanol–water partition coefficient (Wildman–Crippen LogP) is 3.82. The molecule has 2 aromatic rings. The molecule has 0 aliphatic carbocycles. The molecule has 0 amide bonds. The van der Waals surface area contributed by atoms with Crippen LogP contribution in [0.3, 0.4) is 0 Å². The zero-order valence-electron chi connectivity index (χ0n) is 9.80. The average Bonchev–Trinajstić information content (AvgIpc) is 2.13. The first kappa shape index (κ1) is 12.6. The molecule has 0 atom stereocenters. The summed E-state index contributed by atoms with van der Waals surface area (Å²) in [4.78, 5) is 4.38. The summed E-state index contributed by atoms with van der Waals surface area (Å²) in [6.07, 6.45) is 2.43. The van der Waals surface area contributed by atoms with Crippen LogP contribution in [0.1, 0.15) is 19.5 Å². The molecular formula is C13H14Cl2N2. The van der Waals surface area contributed by atoms with Crippen molar-refractivity contribution >= 4 is 34.0 Å². The molecule has 0 radical (unpaired) electrons. The average molecular weight is 269 g/mol.